The zero-order valence-electron chi connectivity index (χ0n) is 13.6. The van der Waals surface area contributed by atoms with E-state index in [1.807, 2.05) is 42.5 Å². The number of hydrogen-bond donors (Lipinski definition) is 1. The summed E-state index contributed by atoms with van der Waals surface area (Å²) in [6.07, 6.45) is 4.45. The monoisotopic (exact) mass is 323 g/mol. The van der Waals surface area contributed by atoms with Crippen LogP contribution < -0.4 is 5.32 Å². The molecule has 0 atom stereocenters. The minimum absolute atomic E-state index is 0.261. The summed E-state index contributed by atoms with van der Waals surface area (Å²) in [5.74, 6) is -0.747. The van der Waals surface area contributed by atoms with Gasteiger partial charge in [-0.15, -0.1) is 0 Å². The number of carbonyl (C=O) groups excluding carboxylic acids is 2. The van der Waals surface area contributed by atoms with Crippen LogP contribution in [0.15, 0.2) is 48.5 Å². The smallest absolute Gasteiger partial charge is 0.338 e. The Morgan fingerprint density at radius 2 is 1.71 bits per heavy atom. The van der Waals surface area contributed by atoms with Gasteiger partial charge in [0.15, 0.2) is 6.61 Å². The first kappa shape index (κ1) is 16.2. The molecule has 0 aromatic heterocycles. The van der Waals surface area contributed by atoms with E-state index in [1.165, 1.54) is 17.5 Å². The van der Waals surface area contributed by atoms with Gasteiger partial charge >= 0.3 is 5.97 Å². The Hall–Kier alpha value is -2.62. The lowest BCUT2D eigenvalue weighted by atomic mass is 9.90. The molecule has 24 heavy (non-hydrogen) atoms. The lowest BCUT2D eigenvalue weighted by molar-refractivity contribution is -0.124. The first-order valence-corrected chi connectivity index (χ1v) is 8.32. The van der Waals surface area contributed by atoms with Crippen molar-refractivity contribution in [3.63, 3.8) is 0 Å². The molecule has 1 aliphatic carbocycles. The first-order chi connectivity index (χ1) is 11.7. The van der Waals surface area contributed by atoms with Gasteiger partial charge in [-0.3, -0.25) is 4.79 Å². The van der Waals surface area contributed by atoms with Crippen LogP contribution in [-0.2, 0) is 28.9 Å². The number of carbonyl (C=O) groups is 2. The van der Waals surface area contributed by atoms with Gasteiger partial charge in [0.05, 0.1) is 5.56 Å². The number of nitrogens with one attached hydrogen (secondary N) is 1. The molecule has 0 fully saturated rings. The molecule has 3 rings (SSSR count). The van der Waals surface area contributed by atoms with E-state index >= 15 is 0 Å². The van der Waals surface area contributed by atoms with Crippen LogP contribution >= 0.6 is 0 Å². The molecule has 0 spiro atoms. The number of aryl methyl sites for hydroxylation is 2. The summed E-state index contributed by atoms with van der Waals surface area (Å²) in [5, 5.41) is 2.74. The van der Waals surface area contributed by atoms with Crippen LogP contribution in [0.1, 0.15) is 39.9 Å². The number of benzene rings is 2. The highest BCUT2D eigenvalue weighted by Crippen LogP contribution is 2.22. The highest BCUT2D eigenvalue weighted by molar-refractivity contribution is 5.91. The van der Waals surface area contributed by atoms with Gasteiger partial charge in [-0.05, 0) is 54.5 Å². The molecule has 4 nitrogen and oxygen atoms in total. The van der Waals surface area contributed by atoms with Gasteiger partial charge in [-0.2, -0.15) is 0 Å². The van der Waals surface area contributed by atoms with E-state index in [4.69, 9.17) is 4.74 Å². The summed E-state index contributed by atoms with van der Waals surface area (Å²) in [4.78, 5) is 23.9. The molecule has 0 radical (unpaired) electrons. The van der Waals surface area contributed by atoms with Crippen molar-refractivity contribution in [1.29, 1.82) is 0 Å². The average Bonchev–Trinajstić information content (AvgIpc) is 2.65. The number of ether oxygens (including phenoxy) is 1. The minimum Gasteiger partial charge on any atom is -0.452 e. The van der Waals surface area contributed by atoms with Gasteiger partial charge in [0.1, 0.15) is 0 Å². The zero-order chi connectivity index (χ0) is 16.8. The molecule has 1 amide bonds. The molecule has 2 aromatic carbocycles. The Morgan fingerprint density at radius 3 is 2.50 bits per heavy atom. The van der Waals surface area contributed by atoms with E-state index < -0.39 is 5.97 Å². The van der Waals surface area contributed by atoms with Crippen molar-refractivity contribution in [3.05, 3.63) is 70.8 Å². The fraction of sp³-hybridized carbons (Fsp3) is 0.300. The number of rotatable bonds is 5. The maximum absolute atomic E-state index is 12.1. The number of amides is 1. The summed E-state index contributed by atoms with van der Waals surface area (Å²) in [6, 6.07) is 15.3. The first-order valence-electron chi connectivity index (χ1n) is 8.32. The Bertz CT molecular complexity index is 725. The van der Waals surface area contributed by atoms with Crippen molar-refractivity contribution in [2.24, 2.45) is 0 Å². The van der Waals surface area contributed by atoms with E-state index in [0.29, 0.717) is 12.1 Å². The fourth-order valence-corrected chi connectivity index (χ4v) is 2.92. The van der Waals surface area contributed by atoms with Crippen LogP contribution in [0.2, 0.25) is 0 Å². The Labute approximate surface area is 141 Å². The normalized spacial score (nSPS) is 13.0. The highest BCUT2D eigenvalue weighted by atomic mass is 16.5. The lowest BCUT2D eigenvalue weighted by Crippen LogP contribution is -2.28. The standard InChI is InChI=1S/C20H21NO3/c22-19(21-13-15-6-2-1-3-7-15)14-24-20(23)18-11-10-16-8-4-5-9-17(16)12-18/h1-3,6-7,10-12H,4-5,8-9,13-14H2,(H,21,22). The van der Waals surface area contributed by atoms with Gasteiger partial charge in [0, 0.05) is 6.54 Å². The molecule has 0 bridgehead atoms. The molecule has 1 N–H and O–H groups in total. The second-order valence-corrected chi connectivity index (χ2v) is 6.03. The van der Waals surface area contributed by atoms with E-state index in [-0.39, 0.29) is 12.5 Å². The zero-order valence-corrected chi connectivity index (χ0v) is 13.6. The van der Waals surface area contributed by atoms with Crippen molar-refractivity contribution >= 4 is 11.9 Å². The third-order valence-electron chi connectivity index (χ3n) is 4.25. The van der Waals surface area contributed by atoms with Crippen molar-refractivity contribution < 1.29 is 14.3 Å². The van der Waals surface area contributed by atoms with Crippen molar-refractivity contribution in [2.45, 2.75) is 32.2 Å². The maximum atomic E-state index is 12.1. The molecule has 4 heteroatoms. The highest BCUT2D eigenvalue weighted by Gasteiger charge is 2.14. The molecule has 0 saturated heterocycles. The van der Waals surface area contributed by atoms with Crippen LogP contribution in [0.3, 0.4) is 0 Å². The molecule has 0 unspecified atom stereocenters. The second-order valence-electron chi connectivity index (χ2n) is 6.03. The number of hydrogen-bond acceptors (Lipinski definition) is 3. The molecule has 0 heterocycles. The largest absolute Gasteiger partial charge is 0.452 e. The van der Waals surface area contributed by atoms with E-state index in [0.717, 1.165) is 24.8 Å². The third kappa shape index (κ3) is 4.22. The molecule has 124 valence electrons. The second kappa shape index (κ2) is 7.77. The van der Waals surface area contributed by atoms with Crippen molar-refractivity contribution in [1.82, 2.24) is 5.32 Å². The topological polar surface area (TPSA) is 55.4 Å². The number of fused-ring (bicyclic) bond motifs is 1. The quantitative estimate of drug-likeness (QED) is 0.861. The Morgan fingerprint density at radius 1 is 0.958 bits per heavy atom. The van der Waals surface area contributed by atoms with E-state index in [1.54, 1.807) is 6.07 Å². The van der Waals surface area contributed by atoms with Crippen LogP contribution in [0.25, 0.3) is 0 Å². The average molecular weight is 323 g/mol. The maximum Gasteiger partial charge on any atom is 0.338 e. The summed E-state index contributed by atoms with van der Waals surface area (Å²) in [7, 11) is 0. The number of esters is 1. The van der Waals surface area contributed by atoms with Gasteiger partial charge in [0.25, 0.3) is 5.91 Å². The van der Waals surface area contributed by atoms with Crippen LogP contribution in [-0.4, -0.2) is 18.5 Å². The fourth-order valence-electron chi connectivity index (χ4n) is 2.92. The van der Waals surface area contributed by atoms with Crippen LogP contribution in [0.4, 0.5) is 0 Å². The van der Waals surface area contributed by atoms with E-state index in [9.17, 15) is 9.59 Å². The predicted molar refractivity (Wildman–Crippen MR) is 91.7 cm³/mol. The SMILES string of the molecule is O=C(COC(=O)c1ccc2c(c1)CCCC2)NCc1ccccc1. The van der Waals surface area contributed by atoms with Gasteiger partial charge in [0.2, 0.25) is 0 Å². The van der Waals surface area contributed by atoms with E-state index in [2.05, 4.69) is 5.32 Å². The molecule has 0 aliphatic heterocycles. The molecular weight excluding hydrogens is 302 g/mol. The van der Waals surface area contributed by atoms with Crippen LogP contribution in [0, 0.1) is 0 Å². The molecule has 0 saturated carbocycles. The van der Waals surface area contributed by atoms with Gasteiger partial charge in [-0.25, -0.2) is 4.79 Å². The van der Waals surface area contributed by atoms with Crippen molar-refractivity contribution in [2.75, 3.05) is 6.61 Å². The summed E-state index contributed by atoms with van der Waals surface area (Å²) in [5.41, 5.74) is 4.07. The Kier molecular flexibility index (Phi) is 5.26. The molecule has 2 aromatic rings. The Balaban J connectivity index is 1.49. The third-order valence-corrected chi connectivity index (χ3v) is 4.25. The van der Waals surface area contributed by atoms with Gasteiger partial charge < -0.3 is 10.1 Å². The predicted octanol–water partition coefficient (Wildman–Crippen LogP) is 3.04. The van der Waals surface area contributed by atoms with Crippen LogP contribution in [0.5, 0.6) is 0 Å². The lowest BCUT2D eigenvalue weighted by Gasteiger charge is -2.16. The van der Waals surface area contributed by atoms with Gasteiger partial charge in [-0.1, -0.05) is 36.4 Å². The molecule has 1 aliphatic rings. The summed E-state index contributed by atoms with van der Waals surface area (Å²) < 4.78 is 5.12. The molecular formula is C20H21NO3. The minimum atomic E-state index is -0.446. The van der Waals surface area contributed by atoms with Crippen molar-refractivity contribution in [3.8, 4) is 0 Å². The summed E-state index contributed by atoms with van der Waals surface area (Å²) in [6.45, 7) is 0.165. The summed E-state index contributed by atoms with van der Waals surface area (Å²) >= 11 is 0.